The fraction of sp³-hybridized carbons (Fsp3) is 0.909. The summed E-state index contributed by atoms with van der Waals surface area (Å²) in [5.41, 5.74) is 0. The van der Waals surface area contributed by atoms with Gasteiger partial charge in [-0.3, -0.25) is 4.79 Å². The first kappa shape index (κ1) is 11.7. The average molecular weight is 170 g/mol. The number of unbranched alkanes of at least 4 members (excludes halogenated alkanes) is 1. The Bertz CT molecular complexity index is 127. The van der Waals surface area contributed by atoms with Crippen LogP contribution in [-0.2, 0) is 4.79 Å². The van der Waals surface area contributed by atoms with Crippen LogP contribution in [0.5, 0.6) is 0 Å². The molecule has 0 fully saturated rings. The van der Waals surface area contributed by atoms with Crippen LogP contribution >= 0.6 is 0 Å². The molecule has 0 radical (unpaired) electrons. The Morgan fingerprint density at radius 1 is 1.33 bits per heavy atom. The zero-order valence-electron chi connectivity index (χ0n) is 8.89. The van der Waals surface area contributed by atoms with Crippen LogP contribution in [0.2, 0.25) is 0 Å². The van der Waals surface area contributed by atoms with E-state index in [4.69, 9.17) is 0 Å². The summed E-state index contributed by atoms with van der Waals surface area (Å²) in [6, 6.07) is 0. The molecular formula is C11H22O. The Hall–Kier alpha value is -0.330. The molecule has 72 valence electrons. The van der Waals surface area contributed by atoms with Crippen molar-refractivity contribution in [3.63, 3.8) is 0 Å². The summed E-state index contributed by atoms with van der Waals surface area (Å²) in [5, 5.41) is 0. The molecule has 1 unspecified atom stereocenters. The van der Waals surface area contributed by atoms with Gasteiger partial charge in [0.15, 0.2) is 0 Å². The molecule has 12 heavy (non-hydrogen) atoms. The van der Waals surface area contributed by atoms with Crippen LogP contribution in [0.15, 0.2) is 0 Å². The lowest BCUT2D eigenvalue weighted by molar-refractivity contribution is -0.121. The van der Waals surface area contributed by atoms with Gasteiger partial charge in [0.1, 0.15) is 5.78 Å². The molecule has 1 atom stereocenters. The van der Waals surface area contributed by atoms with Crippen molar-refractivity contribution in [3.8, 4) is 0 Å². The van der Waals surface area contributed by atoms with E-state index in [-0.39, 0.29) is 0 Å². The smallest absolute Gasteiger partial charge is 0.132 e. The quantitative estimate of drug-likeness (QED) is 0.597. The maximum atomic E-state index is 11.2. The van der Waals surface area contributed by atoms with E-state index in [1.807, 2.05) is 0 Å². The first-order valence-corrected chi connectivity index (χ1v) is 5.08. The zero-order chi connectivity index (χ0) is 9.56. The number of hydrogen-bond donors (Lipinski definition) is 0. The van der Waals surface area contributed by atoms with Gasteiger partial charge in [-0.25, -0.2) is 0 Å². The van der Waals surface area contributed by atoms with E-state index in [0.29, 0.717) is 17.6 Å². The molecule has 1 heteroatoms. The third-order valence-electron chi connectivity index (χ3n) is 2.24. The lowest BCUT2D eigenvalue weighted by Crippen LogP contribution is -2.13. The maximum Gasteiger partial charge on any atom is 0.132 e. The van der Waals surface area contributed by atoms with Gasteiger partial charge in [0, 0.05) is 5.92 Å². The van der Waals surface area contributed by atoms with Crippen LogP contribution in [0, 0.1) is 11.8 Å². The van der Waals surface area contributed by atoms with Gasteiger partial charge in [0.25, 0.3) is 0 Å². The molecule has 0 aliphatic heterocycles. The van der Waals surface area contributed by atoms with E-state index in [1.165, 1.54) is 12.8 Å². The van der Waals surface area contributed by atoms with Crippen molar-refractivity contribution in [1.29, 1.82) is 0 Å². The van der Waals surface area contributed by atoms with E-state index in [1.54, 1.807) is 6.92 Å². The number of carbonyl (C=O) groups excluding carboxylic acids is 1. The first-order valence-electron chi connectivity index (χ1n) is 5.08. The van der Waals surface area contributed by atoms with Crippen molar-refractivity contribution in [2.75, 3.05) is 0 Å². The third-order valence-corrected chi connectivity index (χ3v) is 2.24. The highest BCUT2D eigenvalue weighted by Crippen LogP contribution is 2.18. The van der Waals surface area contributed by atoms with Gasteiger partial charge in [0.2, 0.25) is 0 Å². The van der Waals surface area contributed by atoms with Crippen molar-refractivity contribution >= 4 is 5.78 Å². The molecule has 0 bridgehead atoms. The van der Waals surface area contributed by atoms with Crippen molar-refractivity contribution in [2.24, 2.45) is 11.8 Å². The molecule has 0 aromatic heterocycles. The third kappa shape index (κ3) is 5.34. The molecule has 0 aromatic carbocycles. The van der Waals surface area contributed by atoms with Gasteiger partial charge in [-0.2, -0.15) is 0 Å². The van der Waals surface area contributed by atoms with Gasteiger partial charge in [-0.05, 0) is 25.7 Å². The standard InChI is InChI=1S/C11H22O/c1-5-6-7-11(10(4)12)8-9(2)3/h9,11H,5-8H2,1-4H3. The Balaban J connectivity index is 3.78. The largest absolute Gasteiger partial charge is 0.300 e. The Morgan fingerprint density at radius 3 is 2.25 bits per heavy atom. The lowest BCUT2D eigenvalue weighted by atomic mass is 9.89. The van der Waals surface area contributed by atoms with Crippen LogP contribution < -0.4 is 0 Å². The minimum atomic E-state index is 0.324. The van der Waals surface area contributed by atoms with Crippen LogP contribution in [0.1, 0.15) is 53.4 Å². The maximum absolute atomic E-state index is 11.2. The lowest BCUT2D eigenvalue weighted by Gasteiger charge is -2.15. The second-order valence-electron chi connectivity index (χ2n) is 4.08. The van der Waals surface area contributed by atoms with Gasteiger partial charge in [-0.15, -0.1) is 0 Å². The molecule has 0 saturated carbocycles. The highest BCUT2D eigenvalue weighted by atomic mass is 16.1. The van der Waals surface area contributed by atoms with E-state index in [9.17, 15) is 4.79 Å². The normalized spacial score (nSPS) is 13.4. The number of hydrogen-bond acceptors (Lipinski definition) is 1. The summed E-state index contributed by atoms with van der Waals surface area (Å²) in [7, 11) is 0. The predicted octanol–water partition coefficient (Wildman–Crippen LogP) is 3.43. The molecule has 0 saturated heterocycles. The molecule has 0 heterocycles. The van der Waals surface area contributed by atoms with Gasteiger partial charge in [0.05, 0.1) is 0 Å². The van der Waals surface area contributed by atoms with E-state index in [2.05, 4.69) is 20.8 Å². The summed E-state index contributed by atoms with van der Waals surface area (Å²) in [6.45, 7) is 8.26. The summed E-state index contributed by atoms with van der Waals surface area (Å²) in [6.07, 6.45) is 4.54. The van der Waals surface area contributed by atoms with Gasteiger partial charge < -0.3 is 0 Å². The minimum Gasteiger partial charge on any atom is -0.300 e. The Kier molecular flexibility index (Phi) is 6.04. The fourth-order valence-electron chi connectivity index (χ4n) is 1.51. The highest BCUT2D eigenvalue weighted by molar-refractivity contribution is 5.78. The molecule has 0 aliphatic carbocycles. The number of rotatable bonds is 6. The molecular weight excluding hydrogens is 148 g/mol. The second-order valence-corrected chi connectivity index (χ2v) is 4.08. The van der Waals surface area contributed by atoms with Crippen molar-refractivity contribution < 1.29 is 4.79 Å². The van der Waals surface area contributed by atoms with E-state index >= 15 is 0 Å². The number of carbonyl (C=O) groups is 1. The number of Topliss-reactive ketones (excluding diaryl/α,β-unsaturated/α-hetero) is 1. The van der Waals surface area contributed by atoms with E-state index in [0.717, 1.165) is 12.8 Å². The molecule has 0 aliphatic rings. The molecule has 0 aromatic rings. The summed E-state index contributed by atoms with van der Waals surface area (Å²) >= 11 is 0. The van der Waals surface area contributed by atoms with Crippen molar-refractivity contribution in [2.45, 2.75) is 53.4 Å². The minimum absolute atomic E-state index is 0.324. The van der Waals surface area contributed by atoms with Crippen LogP contribution in [0.4, 0.5) is 0 Å². The van der Waals surface area contributed by atoms with Crippen LogP contribution in [0.25, 0.3) is 0 Å². The molecule has 0 spiro atoms. The molecule has 0 rings (SSSR count). The van der Waals surface area contributed by atoms with Crippen molar-refractivity contribution in [3.05, 3.63) is 0 Å². The topological polar surface area (TPSA) is 17.1 Å². The van der Waals surface area contributed by atoms with Crippen LogP contribution in [0.3, 0.4) is 0 Å². The molecule has 0 amide bonds. The first-order chi connectivity index (χ1) is 5.57. The van der Waals surface area contributed by atoms with Gasteiger partial charge in [-0.1, -0.05) is 33.6 Å². The van der Waals surface area contributed by atoms with Crippen molar-refractivity contribution in [1.82, 2.24) is 0 Å². The molecule has 1 nitrogen and oxygen atoms in total. The summed E-state index contributed by atoms with van der Waals surface area (Å²) in [5.74, 6) is 1.35. The Labute approximate surface area is 76.6 Å². The highest BCUT2D eigenvalue weighted by Gasteiger charge is 2.14. The monoisotopic (exact) mass is 170 g/mol. The predicted molar refractivity (Wildman–Crippen MR) is 53.2 cm³/mol. The second kappa shape index (κ2) is 6.22. The van der Waals surface area contributed by atoms with Gasteiger partial charge >= 0.3 is 0 Å². The fourth-order valence-corrected chi connectivity index (χ4v) is 1.51. The number of ketones is 1. The zero-order valence-corrected chi connectivity index (χ0v) is 8.89. The molecule has 0 N–H and O–H groups in total. The summed E-state index contributed by atoms with van der Waals surface area (Å²) < 4.78 is 0. The summed E-state index contributed by atoms with van der Waals surface area (Å²) in [4.78, 5) is 11.2. The Morgan fingerprint density at radius 2 is 1.92 bits per heavy atom. The SMILES string of the molecule is CCCCC(CC(C)C)C(C)=O. The average Bonchev–Trinajstić information content (AvgIpc) is 1.96. The van der Waals surface area contributed by atoms with Crippen LogP contribution in [-0.4, -0.2) is 5.78 Å². The van der Waals surface area contributed by atoms with E-state index < -0.39 is 0 Å².